The van der Waals surface area contributed by atoms with Crippen molar-refractivity contribution in [2.75, 3.05) is 42.0 Å². The molecule has 1 aromatic rings. The van der Waals surface area contributed by atoms with Gasteiger partial charge in [0.25, 0.3) is 0 Å². The van der Waals surface area contributed by atoms with Crippen LogP contribution in [-0.4, -0.2) is 80.5 Å². The second-order valence-corrected chi connectivity index (χ2v) is 10.0. The van der Waals surface area contributed by atoms with Gasteiger partial charge < -0.3 is 24.1 Å². The molecule has 0 fully saturated rings. The third-order valence-corrected chi connectivity index (χ3v) is 7.53. The van der Waals surface area contributed by atoms with Gasteiger partial charge in [0.2, 0.25) is 11.7 Å². The standard InChI is InChI=1S/C29H36N2O8/c1-9-10-11-39-29-21-16(24(34)15(3)27(37-7)28(21)38-8)12-18-22(30(4)5)20-17(13-19(32)31(18)29)23(33)14(2)26(36-6)25(20)35/h12,22,29,34H,9-11,13H2,1-8H3/t22-,29-/m0/s1. The smallest absolute Gasteiger partial charge is 0.233 e. The summed E-state index contributed by atoms with van der Waals surface area (Å²) in [4.78, 5) is 44.5. The van der Waals surface area contributed by atoms with Crippen LogP contribution in [0, 0.1) is 6.92 Å². The van der Waals surface area contributed by atoms with E-state index in [0.717, 1.165) is 12.8 Å². The molecule has 4 rings (SSSR count). The molecular weight excluding hydrogens is 504 g/mol. The van der Waals surface area contributed by atoms with Gasteiger partial charge in [-0.2, -0.15) is 0 Å². The van der Waals surface area contributed by atoms with Crippen molar-refractivity contribution in [3.63, 3.8) is 0 Å². The maximum absolute atomic E-state index is 14.0. The van der Waals surface area contributed by atoms with E-state index < -0.39 is 29.7 Å². The Morgan fingerprint density at radius 1 is 1.03 bits per heavy atom. The maximum Gasteiger partial charge on any atom is 0.233 e. The van der Waals surface area contributed by atoms with Crippen LogP contribution in [0.25, 0.3) is 6.08 Å². The first-order chi connectivity index (χ1) is 18.5. The van der Waals surface area contributed by atoms with Gasteiger partial charge in [0.05, 0.1) is 39.4 Å². The quantitative estimate of drug-likeness (QED) is 0.391. The van der Waals surface area contributed by atoms with Crippen LogP contribution in [0.3, 0.4) is 0 Å². The fourth-order valence-electron chi connectivity index (χ4n) is 5.66. The number of amides is 1. The topological polar surface area (TPSA) is 115 Å². The Labute approximate surface area is 228 Å². The lowest BCUT2D eigenvalue weighted by Gasteiger charge is -2.42. The number of carbonyl (C=O) groups excluding carboxylic acids is 3. The predicted molar refractivity (Wildman–Crippen MR) is 143 cm³/mol. The van der Waals surface area contributed by atoms with E-state index in [1.165, 1.54) is 33.2 Å². The van der Waals surface area contributed by atoms with Gasteiger partial charge in [-0.15, -0.1) is 0 Å². The van der Waals surface area contributed by atoms with Crippen molar-refractivity contribution >= 4 is 23.5 Å². The first-order valence-corrected chi connectivity index (χ1v) is 12.9. The molecule has 1 N–H and O–H groups in total. The molecule has 2 heterocycles. The van der Waals surface area contributed by atoms with Crippen LogP contribution in [0.1, 0.15) is 56.0 Å². The van der Waals surface area contributed by atoms with Crippen LogP contribution in [0.15, 0.2) is 28.2 Å². The minimum Gasteiger partial charge on any atom is -0.507 e. The Hall–Kier alpha value is -3.63. The van der Waals surface area contributed by atoms with Gasteiger partial charge in [-0.05, 0) is 40.4 Å². The summed E-state index contributed by atoms with van der Waals surface area (Å²) in [5, 5.41) is 11.3. The van der Waals surface area contributed by atoms with Crippen LogP contribution < -0.4 is 9.47 Å². The molecule has 0 aromatic heterocycles. The number of phenolic OH excluding ortho intramolecular Hbond substituents is 1. The molecule has 0 saturated heterocycles. The Morgan fingerprint density at radius 3 is 2.26 bits per heavy atom. The van der Waals surface area contributed by atoms with Gasteiger partial charge in [0.15, 0.2) is 29.3 Å². The molecule has 3 aliphatic rings. The summed E-state index contributed by atoms with van der Waals surface area (Å²) in [5.74, 6) is -0.690. The van der Waals surface area contributed by atoms with Gasteiger partial charge in [-0.1, -0.05) is 13.3 Å². The highest BCUT2D eigenvalue weighted by molar-refractivity contribution is 6.26. The number of rotatable bonds is 8. The lowest BCUT2D eigenvalue weighted by molar-refractivity contribution is -0.143. The van der Waals surface area contributed by atoms with Crippen molar-refractivity contribution in [3.8, 4) is 17.2 Å². The molecule has 0 bridgehead atoms. The third kappa shape index (κ3) is 4.31. The molecule has 10 heteroatoms. The normalized spacial score (nSPS) is 21.0. The minimum absolute atomic E-state index is 0.0378. The number of ketones is 2. The SMILES string of the molecule is CCCCO[C@H]1c2c(c(O)c(C)c(OC)c2OC)C=C2[C@H](N(C)C)C3=C(CC(=O)N21)C(=O)C(C)=C(OC)C3=O. The van der Waals surface area contributed by atoms with E-state index in [9.17, 15) is 19.5 Å². The van der Waals surface area contributed by atoms with E-state index in [4.69, 9.17) is 18.9 Å². The zero-order valence-corrected chi connectivity index (χ0v) is 23.8. The van der Waals surface area contributed by atoms with Crippen LogP contribution >= 0.6 is 0 Å². The summed E-state index contributed by atoms with van der Waals surface area (Å²) in [6.07, 6.45) is 1.97. The summed E-state index contributed by atoms with van der Waals surface area (Å²) in [6, 6.07) is -0.806. The van der Waals surface area contributed by atoms with Gasteiger partial charge in [-0.25, -0.2) is 0 Å². The summed E-state index contributed by atoms with van der Waals surface area (Å²) >= 11 is 0. The molecular formula is C29H36N2O8. The molecule has 2 atom stereocenters. The van der Waals surface area contributed by atoms with Crippen LogP contribution in [0.2, 0.25) is 0 Å². The number of hydrogen-bond donors (Lipinski definition) is 1. The number of methoxy groups -OCH3 is 3. The van der Waals surface area contributed by atoms with E-state index >= 15 is 0 Å². The lowest BCUT2D eigenvalue weighted by Crippen LogP contribution is -2.46. The van der Waals surface area contributed by atoms with Gasteiger partial charge >= 0.3 is 0 Å². The Bertz CT molecular complexity index is 1340. The molecule has 1 aliphatic carbocycles. The fraction of sp³-hybridized carbons (Fsp3) is 0.483. The van der Waals surface area contributed by atoms with Crippen molar-refractivity contribution in [1.29, 1.82) is 0 Å². The number of carbonyl (C=O) groups is 3. The minimum atomic E-state index is -1.00. The van der Waals surface area contributed by atoms with Crippen LogP contribution in [0.4, 0.5) is 0 Å². The largest absolute Gasteiger partial charge is 0.507 e. The van der Waals surface area contributed by atoms with Crippen molar-refractivity contribution < 1.29 is 38.4 Å². The highest BCUT2D eigenvalue weighted by Crippen LogP contribution is 2.53. The zero-order valence-electron chi connectivity index (χ0n) is 23.8. The number of ether oxygens (including phenoxy) is 4. The molecule has 39 heavy (non-hydrogen) atoms. The first kappa shape index (κ1) is 28.4. The molecule has 210 valence electrons. The molecule has 1 aromatic carbocycles. The monoisotopic (exact) mass is 540 g/mol. The fourth-order valence-corrected chi connectivity index (χ4v) is 5.66. The summed E-state index contributed by atoms with van der Waals surface area (Å²) in [6.45, 7) is 5.59. The van der Waals surface area contributed by atoms with Crippen LogP contribution in [-0.2, 0) is 23.9 Å². The van der Waals surface area contributed by atoms with E-state index in [1.54, 1.807) is 32.0 Å². The van der Waals surface area contributed by atoms with Crippen LogP contribution in [0.5, 0.6) is 17.2 Å². The number of nitrogens with zero attached hydrogens (tertiary/aromatic N) is 2. The maximum atomic E-state index is 14.0. The summed E-state index contributed by atoms with van der Waals surface area (Å²) in [7, 11) is 7.85. The molecule has 0 saturated carbocycles. The van der Waals surface area contributed by atoms with Gasteiger partial charge in [0, 0.05) is 40.2 Å². The number of allylic oxidation sites excluding steroid dienone is 2. The summed E-state index contributed by atoms with van der Waals surface area (Å²) < 4.78 is 23.0. The molecule has 0 radical (unpaired) electrons. The third-order valence-electron chi connectivity index (χ3n) is 7.53. The van der Waals surface area contributed by atoms with Gasteiger partial charge in [-0.3, -0.25) is 24.2 Å². The number of benzene rings is 1. The zero-order chi connectivity index (χ0) is 28.8. The van der Waals surface area contributed by atoms with E-state index in [-0.39, 0.29) is 34.6 Å². The van der Waals surface area contributed by atoms with Crippen molar-refractivity contribution in [2.24, 2.45) is 0 Å². The number of phenols is 1. The number of hydrogen-bond acceptors (Lipinski definition) is 9. The Kier molecular flexibility index (Phi) is 7.90. The number of Topliss-reactive ketones (excluding diaryl/α,β-unsaturated/α-hetero) is 2. The number of likely N-dealkylation sites (N-methyl/N-ethyl adjacent to an activating group) is 1. The lowest BCUT2D eigenvalue weighted by atomic mass is 9.82. The van der Waals surface area contributed by atoms with Crippen molar-refractivity contribution in [3.05, 3.63) is 44.9 Å². The predicted octanol–water partition coefficient (Wildman–Crippen LogP) is 3.42. The van der Waals surface area contributed by atoms with Gasteiger partial charge in [0.1, 0.15) is 5.75 Å². The van der Waals surface area contributed by atoms with Crippen molar-refractivity contribution in [1.82, 2.24) is 9.80 Å². The second-order valence-electron chi connectivity index (χ2n) is 10.0. The number of aromatic hydroxyl groups is 1. The average Bonchev–Trinajstić information content (AvgIpc) is 3.03. The number of unbranched alkanes of at least 4 members (excludes halogenated alkanes) is 1. The van der Waals surface area contributed by atoms with E-state index in [1.807, 2.05) is 6.92 Å². The molecule has 2 aliphatic heterocycles. The van der Waals surface area contributed by atoms with Crippen molar-refractivity contribution in [2.45, 2.75) is 52.3 Å². The highest BCUT2D eigenvalue weighted by Gasteiger charge is 2.49. The van der Waals surface area contributed by atoms with E-state index in [2.05, 4.69) is 0 Å². The highest BCUT2D eigenvalue weighted by atomic mass is 16.5. The first-order valence-electron chi connectivity index (χ1n) is 12.9. The molecule has 10 nitrogen and oxygen atoms in total. The molecule has 1 amide bonds. The average molecular weight is 541 g/mol. The second kappa shape index (κ2) is 10.9. The Morgan fingerprint density at radius 2 is 1.69 bits per heavy atom. The number of fused-ring (bicyclic) bond motifs is 2. The Balaban J connectivity index is 2.06. The molecule has 0 unspecified atom stereocenters. The van der Waals surface area contributed by atoms with E-state index in [0.29, 0.717) is 40.5 Å². The summed E-state index contributed by atoms with van der Waals surface area (Å²) in [5.41, 5.74) is 2.18. The molecule has 0 spiro atoms.